The van der Waals surface area contributed by atoms with Gasteiger partial charge in [-0.25, -0.2) is 8.42 Å². The van der Waals surface area contributed by atoms with E-state index in [1.807, 2.05) is 17.9 Å². The van der Waals surface area contributed by atoms with Crippen LogP contribution >= 0.6 is 0 Å². The summed E-state index contributed by atoms with van der Waals surface area (Å²) >= 11 is 0. The summed E-state index contributed by atoms with van der Waals surface area (Å²) < 4.78 is 39.0. The number of fused-ring (bicyclic) bond motifs is 1. The number of nitrogens with zero attached hydrogens (tertiary/aromatic N) is 3. The van der Waals surface area contributed by atoms with Crippen LogP contribution in [0.15, 0.2) is 53.4 Å². The lowest BCUT2D eigenvalue weighted by atomic mass is 10.0. The highest BCUT2D eigenvalue weighted by atomic mass is 32.2. The first-order chi connectivity index (χ1) is 16.9. The van der Waals surface area contributed by atoms with Crippen molar-refractivity contribution in [3.05, 3.63) is 54.1 Å². The van der Waals surface area contributed by atoms with Crippen LogP contribution in [-0.2, 0) is 14.8 Å². The molecule has 2 fully saturated rings. The molecular formula is C26H33N3O5S. The quantitative estimate of drug-likeness (QED) is 0.630. The Labute approximate surface area is 207 Å². The monoisotopic (exact) mass is 499 g/mol. The largest absolute Gasteiger partial charge is 0.490 e. The number of ether oxygens (including phenoxy) is 2. The van der Waals surface area contributed by atoms with E-state index in [1.54, 1.807) is 30.3 Å². The third-order valence-electron chi connectivity index (χ3n) is 7.24. The maximum Gasteiger partial charge on any atom is 0.243 e. The molecule has 2 aromatic rings. The van der Waals surface area contributed by atoms with Crippen LogP contribution in [0.4, 0.5) is 0 Å². The lowest BCUT2D eigenvalue weighted by Gasteiger charge is -2.38. The Balaban J connectivity index is 1.24. The molecule has 9 heteroatoms. The predicted molar refractivity (Wildman–Crippen MR) is 132 cm³/mol. The molecule has 2 saturated heterocycles. The van der Waals surface area contributed by atoms with E-state index in [9.17, 15) is 13.2 Å². The van der Waals surface area contributed by atoms with E-state index in [0.29, 0.717) is 44.3 Å². The molecule has 3 aliphatic rings. The summed E-state index contributed by atoms with van der Waals surface area (Å²) in [5.74, 6) is 1.62. The first-order valence-electron chi connectivity index (χ1n) is 12.4. The highest BCUT2D eigenvalue weighted by Crippen LogP contribution is 2.39. The minimum atomic E-state index is -3.54. The maximum absolute atomic E-state index is 13.4. The van der Waals surface area contributed by atoms with Gasteiger partial charge >= 0.3 is 0 Å². The second-order valence-corrected chi connectivity index (χ2v) is 11.3. The van der Waals surface area contributed by atoms with E-state index < -0.39 is 10.0 Å². The van der Waals surface area contributed by atoms with Crippen LogP contribution in [0, 0.1) is 0 Å². The normalized spacial score (nSPS) is 22.5. The van der Waals surface area contributed by atoms with Gasteiger partial charge in [-0.05, 0) is 56.1 Å². The fourth-order valence-corrected chi connectivity index (χ4v) is 6.74. The molecule has 2 atom stereocenters. The summed E-state index contributed by atoms with van der Waals surface area (Å²) in [6.07, 6.45) is 2.88. The van der Waals surface area contributed by atoms with Crippen molar-refractivity contribution in [2.75, 3.05) is 45.9 Å². The molecule has 0 spiro atoms. The van der Waals surface area contributed by atoms with Crippen molar-refractivity contribution in [2.24, 2.45) is 0 Å². The number of rotatable bonds is 5. The van der Waals surface area contributed by atoms with Crippen LogP contribution in [0.5, 0.6) is 11.5 Å². The molecule has 2 aromatic carbocycles. The molecule has 0 bridgehead atoms. The molecule has 1 amide bonds. The van der Waals surface area contributed by atoms with Gasteiger partial charge in [0.2, 0.25) is 15.9 Å². The first-order valence-corrected chi connectivity index (χ1v) is 13.9. The van der Waals surface area contributed by atoms with Crippen molar-refractivity contribution in [2.45, 2.75) is 43.2 Å². The Morgan fingerprint density at radius 2 is 1.63 bits per heavy atom. The SMILES string of the molecule is C[C@H](C(=O)N1CCN(S(=O)(=O)c2ccccc2)CC1)N1CCC[C@H]1c1ccc2c(c1)OCCCO2. The summed E-state index contributed by atoms with van der Waals surface area (Å²) in [5, 5.41) is 0. The maximum atomic E-state index is 13.4. The Bertz CT molecular complexity index is 1150. The molecule has 35 heavy (non-hydrogen) atoms. The Morgan fingerprint density at radius 3 is 2.37 bits per heavy atom. The van der Waals surface area contributed by atoms with Crippen LogP contribution in [0.2, 0.25) is 0 Å². The van der Waals surface area contributed by atoms with Crippen molar-refractivity contribution in [1.82, 2.24) is 14.1 Å². The molecule has 5 rings (SSSR count). The lowest BCUT2D eigenvalue weighted by Crippen LogP contribution is -2.55. The van der Waals surface area contributed by atoms with Crippen molar-refractivity contribution in [3.8, 4) is 11.5 Å². The molecule has 3 aliphatic heterocycles. The Hall–Kier alpha value is -2.62. The Morgan fingerprint density at radius 1 is 0.914 bits per heavy atom. The third-order valence-corrected chi connectivity index (χ3v) is 9.15. The average molecular weight is 500 g/mol. The van der Waals surface area contributed by atoms with Crippen molar-refractivity contribution < 1.29 is 22.7 Å². The second-order valence-electron chi connectivity index (χ2n) is 9.37. The number of benzene rings is 2. The fourth-order valence-electron chi connectivity index (χ4n) is 5.29. The number of carbonyl (C=O) groups excluding carboxylic acids is 1. The lowest BCUT2D eigenvalue weighted by molar-refractivity contribution is -0.138. The van der Waals surface area contributed by atoms with Gasteiger partial charge in [-0.2, -0.15) is 4.31 Å². The molecule has 3 heterocycles. The molecule has 0 aromatic heterocycles. The molecule has 0 radical (unpaired) electrons. The highest BCUT2D eigenvalue weighted by Gasteiger charge is 2.37. The van der Waals surface area contributed by atoms with Gasteiger partial charge in [-0.1, -0.05) is 24.3 Å². The van der Waals surface area contributed by atoms with E-state index in [-0.39, 0.29) is 18.0 Å². The van der Waals surface area contributed by atoms with Gasteiger partial charge in [0, 0.05) is 38.6 Å². The highest BCUT2D eigenvalue weighted by molar-refractivity contribution is 7.89. The minimum Gasteiger partial charge on any atom is -0.490 e. The summed E-state index contributed by atoms with van der Waals surface area (Å²) in [5.41, 5.74) is 1.14. The summed E-state index contributed by atoms with van der Waals surface area (Å²) in [6.45, 7) is 5.54. The third kappa shape index (κ3) is 4.90. The molecular weight excluding hydrogens is 466 g/mol. The van der Waals surface area contributed by atoms with Crippen LogP contribution < -0.4 is 9.47 Å². The van der Waals surface area contributed by atoms with E-state index in [0.717, 1.165) is 42.9 Å². The Kier molecular flexibility index (Phi) is 7.00. The number of sulfonamides is 1. The summed E-state index contributed by atoms with van der Waals surface area (Å²) in [6, 6.07) is 14.5. The van der Waals surface area contributed by atoms with Crippen molar-refractivity contribution >= 4 is 15.9 Å². The number of hydrogen-bond acceptors (Lipinski definition) is 6. The van der Waals surface area contributed by atoms with E-state index in [4.69, 9.17) is 9.47 Å². The molecule has 0 unspecified atom stereocenters. The van der Waals surface area contributed by atoms with Gasteiger partial charge in [0.05, 0.1) is 24.2 Å². The molecule has 0 N–H and O–H groups in total. The van der Waals surface area contributed by atoms with Gasteiger partial charge in [0.25, 0.3) is 0 Å². The van der Waals surface area contributed by atoms with Crippen LogP contribution in [0.1, 0.15) is 37.8 Å². The number of hydrogen-bond donors (Lipinski definition) is 0. The van der Waals surface area contributed by atoms with Crippen LogP contribution in [-0.4, -0.2) is 80.4 Å². The van der Waals surface area contributed by atoms with Gasteiger partial charge in [-0.15, -0.1) is 0 Å². The summed E-state index contributed by atoms with van der Waals surface area (Å²) in [4.78, 5) is 17.8. The van der Waals surface area contributed by atoms with Gasteiger partial charge < -0.3 is 14.4 Å². The van der Waals surface area contributed by atoms with E-state index in [2.05, 4.69) is 17.0 Å². The molecule has 8 nitrogen and oxygen atoms in total. The predicted octanol–water partition coefficient (Wildman–Crippen LogP) is 2.91. The van der Waals surface area contributed by atoms with Crippen LogP contribution in [0.3, 0.4) is 0 Å². The van der Waals surface area contributed by atoms with Crippen molar-refractivity contribution in [1.29, 1.82) is 0 Å². The fraction of sp³-hybridized carbons (Fsp3) is 0.500. The van der Waals surface area contributed by atoms with Gasteiger partial charge in [0.1, 0.15) is 0 Å². The van der Waals surface area contributed by atoms with E-state index in [1.165, 1.54) is 4.31 Å². The van der Waals surface area contributed by atoms with Crippen molar-refractivity contribution in [3.63, 3.8) is 0 Å². The standard InChI is InChI=1S/C26H33N3O5S/c1-20(26(30)27-13-15-28(16-14-27)35(31,32)22-7-3-2-4-8-22)29-12-5-9-23(29)21-10-11-24-25(19-21)34-18-6-17-33-24/h2-4,7-8,10-11,19-20,23H,5-6,9,12-18H2,1H3/t20-,23+/m1/s1. The average Bonchev–Trinajstić information content (AvgIpc) is 3.27. The number of carbonyl (C=O) groups is 1. The van der Waals surface area contributed by atoms with Gasteiger partial charge in [0.15, 0.2) is 11.5 Å². The van der Waals surface area contributed by atoms with Crippen LogP contribution in [0.25, 0.3) is 0 Å². The molecule has 0 saturated carbocycles. The van der Waals surface area contributed by atoms with Gasteiger partial charge in [-0.3, -0.25) is 9.69 Å². The summed E-state index contributed by atoms with van der Waals surface area (Å²) in [7, 11) is -3.54. The first kappa shape index (κ1) is 24.1. The zero-order chi connectivity index (χ0) is 24.4. The minimum absolute atomic E-state index is 0.0583. The zero-order valence-corrected chi connectivity index (χ0v) is 21.0. The smallest absolute Gasteiger partial charge is 0.243 e. The molecule has 0 aliphatic carbocycles. The zero-order valence-electron chi connectivity index (χ0n) is 20.1. The number of likely N-dealkylation sites (tertiary alicyclic amines) is 1. The molecule has 188 valence electrons. The number of piperazine rings is 1. The number of amides is 1. The van der Waals surface area contributed by atoms with E-state index >= 15 is 0 Å². The topological polar surface area (TPSA) is 79.4 Å². The second kappa shape index (κ2) is 10.2.